The first-order valence-corrected chi connectivity index (χ1v) is 12.4. The number of fused-ring (bicyclic) bond motifs is 1. The molecule has 0 amide bonds. The van der Waals surface area contributed by atoms with Crippen LogP contribution in [0.5, 0.6) is 0 Å². The minimum atomic E-state index is -1.03. The normalized spacial score (nSPS) is 24.5. The highest BCUT2D eigenvalue weighted by molar-refractivity contribution is 6.12. The van der Waals surface area contributed by atoms with Crippen molar-refractivity contribution in [2.24, 2.45) is 11.8 Å². The molecule has 8 nitrogen and oxygen atoms in total. The number of ether oxygens (including phenoxy) is 2. The zero-order chi connectivity index (χ0) is 25.6. The van der Waals surface area contributed by atoms with Crippen molar-refractivity contribution in [3.63, 3.8) is 0 Å². The molecule has 0 spiro atoms. The third kappa shape index (κ3) is 3.94. The fraction of sp³-hybridized carbons (Fsp3) is 0.429. The maximum absolute atomic E-state index is 13.8. The molecule has 2 heterocycles. The van der Waals surface area contributed by atoms with Gasteiger partial charge in [0.15, 0.2) is 11.2 Å². The van der Waals surface area contributed by atoms with Gasteiger partial charge >= 0.3 is 11.9 Å². The van der Waals surface area contributed by atoms with Gasteiger partial charge in [0.2, 0.25) is 0 Å². The average molecular weight is 492 g/mol. The summed E-state index contributed by atoms with van der Waals surface area (Å²) in [6, 6.07) is 6.83. The van der Waals surface area contributed by atoms with Crippen LogP contribution in [-0.2, 0) is 23.9 Å². The van der Waals surface area contributed by atoms with E-state index in [-0.39, 0.29) is 34.2 Å². The van der Waals surface area contributed by atoms with Crippen molar-refractivity contribution in [1.82, 2.24) is 5.32 Å². The molecule has 1 aromatic carbocycles. The van der Waals surface area contributed by atoms with Crippen molar-refractivity contribution in [3.8, 4) is 0 Å². The largest absolute Gasteiger partial charge is 0.468 e. The number of hydrogen-bond donors (Lipinski definition) is 1. The predicted molar refractivity (Wildman–Crippen MR) is 131 cm³/mol. The highest BCUT2D eigenvalue weighted by Gasteiger charge is 2.48. The smallest absolute Gasteiger partial charge is 0.337 e. The fourth-order valence-electron chi connectivity index (χ4n) is 5.78. The van der Waals surface area contributed by atoms with Crippen molar-refractivity contribution in [1.29, 1.82) is 0 Å². The van der Waals surface area contributed by atoms with Gasteiger partial charge in [-0.05, 0) is 57.1 Å². The van der Waals surface area contributed by atoms with Crippen molar-refractivity contribution in [3.05, 3.63) is 68.9 Å². The van der Waals surface area contributed by atoms with E-state index in [4.69, 9.17) is 13.9 Å². The molecule has 36 heavy (non-hydrogen) atoms. The lowest BCUT2D eigenvalue weighted by Gasteiger charge is -2.38. The Balaban J connectivity index is 1.69. The van der Waals surface area contributed by atoms with Gasteiger partial charge in [-0.25, -0.2) is 4.79 Å². The first-order chi connectivity index (χ1) is 17.3. The van der Waals surface area contributed by atoms with Gasteiger partial charge in [0.1, 0.15) is 17.6 Å². The average Bonchev–Trinajstić information content (AvgIpc) is 3.36. The zero-order valence-electron chi connectivity index (χ0n) is 20.6. The summed E-state index contributed by atoms with van der Waals surface area (Å²) in [5, 5.41) is 3.57. The second-order valence-corrected chi connectivity index (χ2v) is 9.86. The molecule has 3 atom stereocenters. The van der Waals surface area contributed by atoms with E-state index < -0.39 is 29.6 Å². The lowest BCUT2D eigenvalue weighted by atomic mass is 9.69. The van der Waals surface area contributed by atoms with Crippen LogP contribution in [0.25, 0.3) is 11.0 Å². The molecule has 1 aliphatic heterocycles. The fourth-order valence-corrected chi connectivity index (χ4v) is 5.78. The second-order valence-electron chi connectivity index (χ2n) is 9.86. The first-order valence-electron chi connectivity index (χ1n) is 12.4. The Morgan fingerprint density at radius 2 is 1.83 bits per heavy atom. The van der Waals surface area contributed by atoms with E-state index in [1.54, 1.807) is 31.2 Å². The zero-order valence-corrected chi connectivity index (χ0v) is 20.6. The monoisotopic (exact) mass is 491 g/mol. The molecule has 2 aromatic rings. The maximum atomic E-state index is 13.8. The SMILES string of the molecule is COC(=O)C1C(=O)C2=C(CC1C)NC(C)=C(C(=O)OC1CCCC1)C2c1coc2ccccc2c1=O. The van der Waals surface area contributed by atoms with Crippen LogP contribution in [0.1, 0.15) is 57.4 Å². The molecule has 5 rings (SSSR count). The van der Waals surface area contributed by atoms with Crippen LogP contribution in [0.15, 0.2) is 62.3 Å². The Kier molecular flexibility index (Phi) is 6.28. The number of allylic oxidation sites excluding steroid dienone is 3. The van der Waals surface area contributed by atoms with Crippen LogP contribution in [0.4, 0.5) is 0 Å². The molecule has 0 radical (unpaired) electrons. The molecular weight excluding hydrogens is 462 g/mol. The highest BCUT2D eigenvalue weighted by Crippen LogP contribution is 2.45. The van der Waals surface area contributed by atoms with Crippen molar-refractivity contribution >= 4 is 28.7 Å². The van der Waals surface area contributed by atoms with E-state index in [9.17, 15) is 19.2 Å². The molecule has 1 N–H and O–H groups in total. The molecule has 0 saturated heterocycles. The van der Waals surface area contributed by atoms with Crippen LogP contribution < -0.4 is 10.7 Å². The topological polar surface area (TPSA) is 112 Å². The van der Waals surface area contributed by atoms with E-state index in [0.29, 0.717) is 28.8 Å². The van der Waals surface area contributed by atoms with E-state index >= 15 is 0 Å². The molecular formula is C28H29NO7. The third-order valence-electron chi connectivity index (χ3n) is 7.56. The Morgan fingerprint density at radius 1 is 1.11 bits per heavy atom. The Labute approximate surface area is 208 Å². The number of carbonyl (C=O) groups excluding carboxylic acids is 3. The number of esters is 2. The Morgan fingerprint density at radius 3 is 2.56 bits per heavy atom. The van der Waals surface area contributed by atoms with Gasteiger partial charge in [-0.1, -0.05) is 19.1 Å². The van der Waals surface area contributed by atoms with Gasteiger partial charge in [0.25, 0.3) is 0 Å². The number of hydrogen-bond acceptors (Lipinski definition) is 8. The summed E-state index contributed by atoms with van der Waals surface area (Å²) in [6.07, 6.45) is 5.04. The minimum Gasteiger partial charge on any atom is -0.468 e. The summed E-state index contributed by atoms with van der Waals surface area (Å²) in [5.74, 6) is -4.04. The summed E-state index contributed by atoms with van der Waals surface area (Å²) in [6.45, 7) is 3.56. The number of nitrogens with one attached hydrogen (secondary N) is 1. The summed E-state index contributed by atoms with van der Waals surface area (Å²) in [5.41, 5.74) is 1.75. The van der Waals surface area contributed by atoms with Gasteiger partial charge in [-0.3, -0.25) is 14.4 Å². The first kappa shape index (κ1) is 24.0. The van der Waals surface area contributed by atoms with Crippen LogP contribution in [0.3, 0.4) is 0 Å². The lowest BCUT2D eigenvalue weighted by Crippen LogP contribution is -2.44. The molecule has 1 aromatic heterocycles. The molecule has 3 unspecified atom stereocenters. The Hall–Kier alpha value is -3.68. The van der Waals surface area contributed by atoms with Crippen molar-refractivity contribution in [2.45, 2.75) is 58.0 Å². The third-order valence-corrected chi connectivity index (χ3v) is 7.56. The number of para-hydroxylation sites is 1. The Bertz CT molecular complexity index is 1380. The number of ketones is 1. The van der Waals surface area contributed by atoms with Gasteiger partial charge < -0.3 is 19.2 Å². The van der Waals surface area contributed by atoms with Crippen molar-refractivity contribution in [2.75, 3.05) is 7.11 Å². The number of benzene rings is 1. The summed E-state index contributed by atoms with van der Waals surface area (Å²) in [4.78, 5) is 53.7. The summed E-state index contributed by atoms with van der Waals surface area (Å²) >= 11 is 0. The number of carbonyl (C=O) groups is 3. The van der Waals surface area contributed by atoms with Gasteiger partial charge in [0, 0.05) is 22.5 Å². The van der Waals surface area contributed by atoms with E-state index in [1.807, 2.05) is 6.92 Å². The van der Waals surface area contributed by atoms with Crippen LogP contribution in [-0.4, -0.2) is 30.9 Å². The van der Waals surface area contributed by atoms with Gasteiger partial charge in [0.05, 0.1) is 30.3 Å². The van der Waals surface area contributed by atoms with Gasteiger partial charge in [-0.15, -0.1) is 0 Å². The van der Waals surface area contributed by atoms with Crippen LogP contribution >= 0.6 is 0 Å². The molecule has 3 aliphatic rings. The molecule has 1 fully saturated rings. The number of methoxy groups -OCH3 is 1. The van der Waals surface area contributed by atoms with Crippen LogP contribution in [0, 0.1) is 11.8 Å². The maximum Gasteiger partial charge on any atom is 0.337 e. The van der Waals surface area contributed by atoms with E-state index in [2.05, 4.69) is 5.32 Å². The lowest BCUT2D eigenvalue weighted by molar-refractivity contribution is -0.151. The minimum absolute atomic E-state index is 0.159. The van der Waals surface area contributed by atoms with E-state index in [0.717, 1.165) is 25.7 Å². The molecule has 0 bridgehead atoms. The molecule has 2 aliphatic carbocycles. The summed E-state index contributed by atoms with van der Waals surface area (Å²) < 4.78 is 16.6. The van der Waals surface area contributed by atoms with E-state index in [1.165, 1.54) is 13.4 Å². The molecule has 8 heteroatoms. The summed E-state index contributed by atoms with van der Waals surface area (Å²) in [7, 11) is 1.25. The number of rotatable bonds is 4. The molecule has 1 saturated carbocycles. The second kappa shape index (κ2) is 9.41. The highest BCUT2D eigenvalue weighted by atomic mass is 16.5. The van der Waals surface area contributed by atoms with Crippen LogP contribution in [0.2, 0.25) is 0 Å². The quantitative estimate of drug-likeness (QED) is 0.506. The standard InChI is InChI=1S/C28H29NO7/c1-14-12-19-24(26(31)21(14)27(32)34-3)23(18-13-35-20-11-7-6-10-17(20)25(18)30)22(15(2)29-19)28(33)36-16-8-4-5-9-16/h6-7,10-11,13-14,16,21,23,29H,4-5,8-9,12H2,1-3H3. The predicted octanol–water partition coefficient (Wildman–Crippen LogP) is 3.89. The number of Topliss-reactive ketones (excluding diaryl/α,β-unsaturated/α-hetero) is 1. The molecule has 188 valence electrons. The number of dihydropyridines is 1. The van der Waals surface area contributed by atoms with Gasteiger partial charge in [-0.2, -0.15) is 0 Å². The van der Waals surface area contributed by atoms with Crippen molar-refractivity contribution < 1.29 is 28.3 Å².